The molecule has 1 aliphatic carbocycles. The number of rotatable bonds is 3. The fraction of sp³-hybridized carbons (Fsp3) is 0.300. The molecule has 0 aliphatic heterocycles. The maximum absolute atomic E-state index is 11.4. The van der Waals surface area contributed by atoms with Crippen LogP contribution in [0.25, 0.3) is 11.1 Å². The number of aromatic nitrogens is 3. The predicted molar refractivity (Wildman–Crippen MR) is 93.3 cm³/mol. The van der Waals surface area contributed by atoms with Crippen molar-refractivity contribution >= 4 is 0 Å². The van der Waals surface area contributed by atoms with Crippen molar-refractivity contribution in [2.45, 2.75) is 37.3 Å². The quantitative estimate of drug-likeness (QED) is 0.795. The van der Waals surface area contributed by atoms with E-state index in [9.17, 15) is 5.11 Å². The Morgan fingerprint density at radius 3 is 2.42 bits per heavy atom. The fourth-order valence-corrected chi connectivity index (χ4v) is 3.79. The first-order valence-corrected chi connectivity index (χ1v) is 8.50. The maximum Gasteiger partial charge on any atom is 0.137 e. The summed E-state index contributed by atoms with van der Waals surface area (Å²) in [5.74, 6) is 0. The van der Waals surface area contributed by atoms with Crippen LogP contribution in [0.2, 0.25) is 0 Å². The van der Waals surface area contributed by atoms with Crippen LogP contribution in [0.5, 0.6) is 0 Å². The first-order valence-electron chi connectivity index (χ1n) is 8.50. The van der Waals surface area contributed by atoms with Crippen molar-refractivity contribution in [2.24, 2.45) is 0 Å². The van der Waals surface area contributed by atoms with Crippen molar-refractivity contribution in [1.29, 1.82) is 0 Å². The lowest BCUT2D eigenvalue weighted by molar-refractivity contribution is -0.0516. The lowest BCUT2D eigenvalue weighted by Crippen LogP contribution is -2.39. The molecule has 3 aromatic rings. The van der Waals surface area contributed by atoms with Crippen molar-refractivity contribution in [3.63, 3.8) is 0 Å². The molecule has 1 fully saturated rings. The van der Waals surface area contributed by atoms with E-state index in [4.69, 9.17) is 0 Å². The van der Waals surface area contributed by atoms with E-state index in [1.54, 1.807) is 6.33 Å². The lowest BCUT2D eigenvalue weighted by atomic mass is 9.75. The topological polar surface area (TPSA) is 50.9 Å². The summed E-state index contributed by atoms with van der Waals surface area (Å²) in [6.07, 6.45) is 7.05. The molecule has 122 valence electrons. The summed E-state index contributed by atoms with van der Waals surface area (Å²) in [6.45, 7) is 0. The van der Waals surface area contributed by atoms with E-state index in [1.807, 2.05) is 22.9 Å². The Morgan fingerprint density at radius 1 is 0.958 bits per heavy atom. The molecule has 0 amide bonds. The molecule has 4 rings (SSSR count). The molecule has 2 unspecified atom stereocenters. The number of hydrogen-bond donors (Lipinski definition) is 1. The highest BCUT2D eigenvalue weighted by Crippen LogP contribution is 2.44. The van der Waals surface area contributed by atoms with Gasteiger partial charge < -0.3 is 5.11 Å². The standard InChI is InChI=1S/C20H21N3O/c24-20(13-5-4-8-19(20)23-15-21-14-22-23)18-11-9-17(10-12-18)16-6-2-1-3-7-16/h1-3,6-7,9-12,14-15,19,24H,4-5,8,13H2. The molecule has 0 radical (unpaired) electrons. The van der Waals surface area contributed by atoms with Gasteiger partial charge in [0.25, 0.3) is 0 Å². The monoisotopic (exact) mass is 319 g/mol. The van der Waals surface area contributed by atoms with Gasteiger partial charge in [0.2, 0.25) is 0 Å². The summed E-state index contributed by atoms with van der Waals surface area (Å²) in [5.41, 5.74) is 2.42. The Bertz CT molecular complexity index is 784. The van der Waals surface area contributed by atoms with Crippen molar-refractivity contribution in [3.05, 3.63) is 72.8 Å². The second-order valence-corrected chi connectivity index (χ2v) is 6.50. The summed E-state index contributed by atoms with van der Waals surface area (Å²) >= 11 is 0. The van der Waals surface area contributed by atoms with E-state index in [0.717, 1.165) is 36.8 Å². The van der Waals surface area contributed by atoms with Gasteiger partial charge in [-0.15, -0.1) is 0 Å². The van der Waals surface area contributed by atoms with E-state index in [-0.39, 0.29) is 6.04 Å². The van der Waals surface area contributed by atoms with Gasteiger partial charge in [-0.3, -0.25) is 0 Å². The van der Waals surface area contributed by atoms with Gasteiger partial charge in [0.05, 0.1) is 6.04 Å². The van der Waals surface area contributed by atoms with Gasteiger partial charge in [0.15, 0.2) is 0 Å². The third kappa shape index (κ3) is 2.63. The van der Waals surface area contributed by atoms with Gasteiger partial charge in [-0.2, -0.15) is 5.10 Å². The van der Waals surface area contributed by atoms with Crippen LogP contribution in [-0.4, -0.2) is 19.9 Å². The van der Waals surface area contributed by atoms with Crippen LogP contribution in [0.15, 0.2) is 67.3 Å². The molecule has 1 saturated carbocycles. The van der Waals surface area contributed by atoms with Crippen molar-refractivity contribution in [3.8, 4) is 11.1 Å². The summed E-state index contributed by atoms with van der Waals surface area (Å²) in [4.78, 5) is 4.05. The minimum atomic E-state index is -0.888. The molecule has 2 atom stereocenters. The van der Waals surface area contributed by atoms with E-state index in [0.29, 0.717) is 0 Å². The molecule has 4 nitrogen and oxygen atoms in total. The first kappa shape index (κ1) is 15.1. The van der Waals surface area contributed by atoms with Crippen LogP contribution in [0.1, 0.15) is 37.3 Å². The SMILES string of the molecule is OC1(c2ccc(-c3ccccc3)cc2)CCCCC1n1cncn1. The summed E-state index contributed by atoms with van der Waals surface area (Å²) in [5, 5.41) is 15.7. The molecule has 0 saturated heterocycles. The fourth-order valence-electron chi connectivity index (χ4n) is 3.79. The van der Waals surface area contributed by atoms with Crippen LogP contribution in [0, 0.1) is 0 Å². The molecule has 1 aliphatic rings. The highest BCUT2D eigenvalue weighted by molar-refractivity contribution is 5.63. The minimum absolute atomic E-state index is 0.0590. The van der Waals surface area contributed by atoms with Crippen LogP contribution < -0.4 is 0 Å². The highest BCUT2D eigenvalue weighted by atomic mass is 16.3. The van der Waals surface area contributed by atoms with Gasteiger partial charge in [0.1, 0.15) is 18.3 Å². The van der Waals surface area contributed by atoms with E-state index in [2.05, 4.69) is 46.5 Å². The van der Waals surface area contributed by atoms with E-state index in [1.165, 1.54) is 11.9 Å². The third-order valence-electron chi connectivity index (χ3n) is 5.08. The molecule has 0 bridgehead atoms. The lowest BCUT2D eigenvalue weighted by Gasteiger charge is -2.40. The van der Waals surface area contributed by atoms with Gasteiger partial charge in [0, 0.05) is 0 Å². The zero-order valence-electron chi connectivity index (χ0n) is 13.5. The second kappa shape index (κ2) is 6.21. The predicted octanol–water partition coefficient (Wildman–Crippen LogP) is 3.95. The van der Waals surface area contributed by atoms with Crippen LogP contribution >= 0.6 is 0 Å². The summed E-state index contributed by atoms with van der Waals surface area (Å²) in [7, 11) is 0. The normalized spacial score (nSPS) is 24.0. The van der Waals surface area contributed by atoms with Gasteiger partial charge in [-0.25, -0.2) is 9.67 Å². The maximum atomic E-state index is 11.4. The Morgan fingerprint density at radius 2 is 1.71 bits per heavy atom. The smallest absolute Gasteiger partial charge is 0.137 e. The van der Waals surface area contributed by atoms with Crippen LogP contribution in [0.3, 0.4) is 0 Å². The highest BCUT2D eigenvalue weighted by Gasteiger charge is 2.42. The third-order valence-corrected chi connectivity index (χ3v) is 5.08. The Balaban J connectivity index is 1.68. The van der Waals surface area contributed by atoms with E-state index < -0.39 is 5.60 Å². The molecule has 2 aromatic carbocycles. The molecule has 1 heterocycles. The number of benzene rings is 2. The molecule has 24 heavy (non-hydrogen) atoms. The van der Waals surface area contributed by atoms with E-state index >= 15 is 0 Å². The molecular weight excluding hydrogens is 298 g/mol. The molecule has 1 N–H and O–H groups in total. The average Bonchev–Trinajstić information content (AvgIpc) is 3.17. The van der Waals surface area contributed by atoms with Crippen molar-refractivity contribution in [2.75, 3.05) is 0 Å². The Kier molecular flexibility index (Phi) is 3.90. The van der Waals surface area contributed by atoms with Gasteiger partial charge in [-0.05, 0) is 29.5 Å². The minimum Gasteiger partial charge on any atom is -0.383 e. The Labute approximate surface area is 141 Å². The molecule has 1 aromatic heterocycles. The van der Waals surface area contributed by atoms with Crippen molar-refractivity contribution in [1.82, 2.24) is 14.8 Å². The molecule has 4 heteroatoms. The number of hydrogen-bond acceptors (Lipinski definition) is 3. The molecule has 0 spiro atoms. The van der Waals surface area contributed by atoms with Crippen molar-refractivity contribution < 1.29 is 5.11 Å². The largest absolute Gasteiger partial charge is 0.383 e. The second-order valence-electron chi connectivity index (χ2n) is 6.50. The first-order chi connectivity index (χ1) is 11.8. The average molecular weight is 319 g/mol. The van der Waals surface area contributed by atoms with Crippen LogP contribution in [-0.2, 0) is 5.60 Å². The zero-order chi connectivity index (χ0) is 16.4. The molecular formula is C20H21N3O. The summed E-state index contributed by atoms with van der Waals surface area (Å²) < 4.78 is 1.81. The van der Waals surface area contributed by atoms with Crippen LogP contribution in [0.4, 0.5) is 0 Å². The summed E-state index contributed by atoms with van der Waals surface area (Å²) in [6, 6.07) is 18.5. The number of nitrogens with zero attached hydrogens (tertiary/aromatic N) is 3. The van der Waals surface area contributed by atoms with Gasteiger partial charge >= 0.3 is 0 Å². The Hall–Kier alpha value is -2.46. The number of aliphatic hydroxyl groups is 1. The van der Waals surface area contributed by atoms with Gasteiger partial charge in [-0.1, -0.05) is 67.4 Å². The zero-order valence-corrected chi connectivity index (χ0v) is 13.5.